The first-order valence-corrected chi connectivity index (χ1v) is 9.73. The Balaban J connectivity index is 1.67. The minimum absolute atomic E-state index is 0.0580. The first-order chi connectivity index (χ1) is 12.4. The first kappa shape index (κ1) is 20.4. The molecule has 0 radical (unpaired) electrons. The van der Waals surface area contributed by atoms with Gasteiger partial charge in [0.15, 0.2) is 0 Å². The number of carbonyl (C=O) groups is 2. The van der Waals surface area contributed by atoms with Gasteiger partial charge in [-0.25, -0.2) is 0 Å². The number of carboxylic acids is 1. The van der Waals surface area contributed by atoms with Crippen LogP contribution in [0.3, 0.4) is 0 Å². The maximum Gasteiger partial charge on any atom is 0.303 e. The van der Waals surface area contributed by atoms with E-state index in [1.54, 1.807) is 0 Å². The third-order valence-electron chi connectivity index (χ3n) is 5.12. The fourth-order valence-corrected chi connectivity index (χ4v) is 3.53. The van der Waals surface area contributed by atoms with Crippen LogP contribution in [0.2, 0.25) is 0 Å². The van der Waals surface area contributed by atoms with Crippen molar-refractivity contribution < 1.29 is 14.7 Å². The van der Waals surface area contributed by atoms with Gasteiger partial charge in [-0.1, -0.05) is 38.1 Å². The van der Waals surface area contributed by atoms with E-state index in [4.69, 9.17) is 5.11 Å². The summed E-state index contributed by atoms with van der Waals surface area (Å²) in [7, 11) is 0. The van der Waals surface area contributed by atoms with Gasteiger partial charge in [0.05, 0.1) is 6.54 Å². The van der Waals surface area contributed by atoms with Crippen LogP contribution in [0.25, 0.3) is 0 Å². The second kappa shape index (κ2) is 10.3. The molecule has 0 saturated carbocycles. The summed E-state index contributed by atoms with van der Waals surface area (Å²) in [6.07, 6.45) is 3.88. The number of likely N-dealkylation sites (tertiary alicyclic amines) is 1. The molecule has 2 N–H and O–H groups in total. The summed E-state index contributed by atoms with van der Waals surface area (Å²) in [4.78, 5) is 25.0. The van der Waals surface area contributed by atoms with E-state index in [1.165, 1.54) is 11.1 Å². The van der Waals surface area contributed by atoms with E-state index in [1.807, 2.05) is 0 Å². The molecular weight excluding hydrogens is 328 g/mol. The summed E-state index contributed by atoms with van der Waals surface area (Å²) >= 11 is 0. The maximum absolute atomic E-state index is 12.2. The summed E-state index contributed by atoms with van der Waals surface area (Å²) < 4.78 is 0. The molecular formula is C21H32N2O3. The van der Waals surface area contributed by atoms with E-state index in [0.717, 1.165) is 32.4 Å². The molecule has 2 rings (SSSR count). The zero-order chi connectivity index (χ0) is 18.9. The van der Waals surface area contributed by atoms with Crippen molar-refractivity contribution >= 4 is 11.9 Å². The van der Waals surface area contributed by atoms with E-state index in [9.17, 15) is 9.59 Å². The minimum Gasteiger partial charge on any atom is -0.481 e. The third kappa shape index (κ3) is 7.16. The molecule has 1 saturated heterocycles. The Kier molecular flexibility index (Phi) is 8.10. The second-order valence-electron chi connectivity index (χ2n) is 7.67. The number of rotatable bonds is 9. The lowest BCUT2D eigenvalue weighted by molar-refractivity contribution is -0.137. The number of hydrogen-bond acceptors (Lipinski definition) is 3. The summed E-state index contributed by atoms with van der Waals surface area (Å²) in [5.41, 5.74) is 2.57. The molecule has 5 nitrogen and oxygen atoms in total. The molecule has 1 aliphatic rings. The minimum atomic E-state index is -0.735. The fraction of sp³-hybridized carbons (Fsp3) is 0.619. The van der Waals surface area contributed by atoms with Gasteiger partial charge in [0, 0.05) is 19.5 Å². The number of nitrogens with one attached hydrogen (secondary N) is 1. The van der Waals surface area contributed by atoms with Crippen molar-refractivity contribution in [3.8, 4) is 0 Å². The molecule has 1 aromatic carbocycles. The van der Waals surface area contributed by atoms with Crippen LogP contribution in [0.1, 0.15) is 56.6 Å². The van der Waals surface area contributed by atoms with Crippen LogP contribution in [0.4, 0.5) is 0 Å². The van der Waals surface area contributed by atoms with Crippen molar-refractivity contribution in [1.82, 2.24) is 10.2 Å². The molecule has 0 aliphatic carbocycles. The van der Waals surface area contributed by atoms with E-state index < -0.39 is 5.97 Å². The molecule has 0 spiro atoms. The average molecular weight is 360 g/mol. The zero-order valence-corrected chi connectivity index (χ0v) is 16.0. The molecule has 1 aromatic rings. The van der Waals surface area contributed by atoms with Gasteiger partial charge in [0.25, 0.3) is 0 Å². The first-order valence-electron chi connectivity index (χ1n) is 9.73. The standard InChI is InChI=1S/C21H32N2O3/c1-16(2)19-8-5-17(6-9-19)11-12-22-20(24)15-23-13-3-4-18(14-23)7-10-21(25)26/h5-6,8-9,16,18H,3-4,7,10-15H2,1-2H3,(H,22,24)(H,25,26). The van der Waals surface area contributed by atoms with E-state index in [-0.39, 0.29) is 12.3 Å². The number of carboxylic acid groups (broad SMARTS) is 1. The Labute approximate surface area is 156 Å². The number of nitrogens with zero attached hydrogens (tertiary/aromatic N) is 1. The van der Waals surface area contributed by atoms with Crippen molar-refractivity contribution in [3.05, 3.63) is 35.4 Å². The Hall–Kier alpha value is -1.88. The highest BCUT2D eigenvalue weighted by Crippen LogP contribution is 2.20. The maximum atomic E-state index is 12.2. The summed E-state index contributed by atoms with van der Waals surface area (Å²) in [6, 6.07) is 8.60. The van der Waals surface area contributed by atoms with Crippen molar-refractivity contribution in [2.45, 2.75) is 51.9 Å². The van der Waals surface area contributed by atoms with Gasteiger partial charge in [0.1, 0.15) is 0 Å². The van der Waals surface area contributed by atoms with Crippen LogP contribution in [-0.2, 0) is 16.0 Å². The predicted octanol–water partition coefficient (Wildman–Crippen LogP) is 3.05. The number of benzene rings is 1. The molecule has 1 fully saturated rings. The lowest BCUT2D eigenvalue weighted by Gasteiger charge is -2.32. The van der Waals surface area contributed by atoms with Crippen molar-refractivity contribution in [3.63, 3.8) is 0 Å². The van der Waals surface area contributed by atoms with Crippen molar-refractivity contribution in [2.75, 3.05) is 26.2 Å². The Morgan fingerprint density at radius 3 is 2.65 bits per heavy atom. The summed E-state index contributed by atoms with van der Waals surface area (Å²) in [6.45, 7) is 7.18. The van der Waals surface area contributed by atoms with Crippen LogP contribution in [0, 0.1) is 5.92 Å². The molecule has 1 atom stereocenters. The van der Waals surface area contributed by atoms with Gasteiger partial charge >= 0.3 is 5.97 Å². The zero-order valence-electron chi connectivity index (χ0n) is 16.0. The molecule has 1 amide bonds. The Bertz CT molecular complexity index is 583. The summed E-state index contributed by atoms with van der Waals surface area (Å²) in [5, 5.41) is 11.8. The molecule has 0 bridgehead atoms. The highest BCUT2D eigenvalue weighted by molar-refractivity contribution is 5.78. The predicted molar refractivity (Wildman–Crippen MR) is 103 cm³/mol. The van der Waals surface area contributed by atoms with E-state index in [0.29, 0.717) is 31.3 Å². The number of hydrogen-bond donors (Lipinski definition) is 2. The van der Waals surface area contributed by atoms with Crippen LogP contribution in [0.15, 0.2) is 24.3 Å². The SMILES string of the molecule is CC(C)c1ccc(CCNC(=O)CN2CCCC(CCC(=O)O)C2)cc1. The quantitative estimate of drug-likeness (QED) is 0.710. The van der Waals surface area contributed by atoms with E-state index >= 15 is 0 Å². The monoisotopic (exact) mass is 360 g/mol. The highest BCUT2D eigenvalue weighted by atomic mass is 16.4. The van der Waals surface area contributed by atoms with Gasteiger partial charge in [-0.2, -0.15) is 0 Å². The number of amides is 1. The van der Waals surface area contributed by atoms with E-state index in [2.05, 4.69) is 48.3 Å². The largest absolute Gasteiger partial charge is 0.481 e. The van der Waals surface area contributed by atoms with Gasteiger partial charge < -0.3 is 10.4 Å². The lowest BCUT2D eigenvalue weighted by atomic mass is 9.93. The summed E-state index contributed by atoms with van der Waals surface area (Å²) in [5.74, 6) is 0.253. The normalized spacial score (nSPS) is 18.0. The fourth-order valence-electron chi connectivity index (χ4n) is 3.53. The molecule has 26 heavy (non-hydrogen) atoms. The smallest absolute Gasteiger partial charge is 0.303 e. The van der Waals surface area contributed by atoms with Gasteiger partial charge in [-0.05, 0) is 55.2 Å². The van der Waals surface area contributed by atoms with Crippen LogP contribution >= 0.6 is 0 Å². The van der Waals surface area contributed by atoms with Crippen LogP contribution in [0.5, 0.6) is 0 Å². The van der Waals surface area contributed by atoms with Crippen molar-refractivity contribution in [2.24, 2.45) is 5.92 Å². The molecule has 5 heteroatoms. The van der Waals surface area contributed by atoms with Crippen LogP contribution in [-0.4, -0.2) is 48.1 Å². The number of piperidine rings is 1. The second-order valence-corrected chi connectivity index (χ2v) is 7.67. The van der Waals surface area contributed by atoms with Crippen molar-refractivity contribution in [1.29, 1.82) is 0 Å². The van der Waals surface area contributed by atoms with Gasteiger partial charge in [-0.15, -0.1) is 0 Å². The molecule has 144 valence electrons. The third-order valence-corrected chi connectivity index (χ3v) is 5.12. The highest BCUT2D eigenvalue weighted by Gasteiger charge is 2.21. The lowest BCUT2D eigenvalue weighted by Crippen LogP contribution is -2.43. The van der Waals surface area contributed by atoms with Crippen LogP contribution < -0.4 is 5.32 Å². The molecule has 1 unspecified atom stereocenters. The van der Waals surface area contributed by atoms with Gasteiger partial charge in [-0.3, -0.25) is 14.5 Å². The molecule has 0 aromatic heterocycles. The molecule has 1 aliphatic heterocycles. The number of aliphatic carboxylic acids is 1. The Morgan fingerprint density at radius 1 is 1.27 bits per heavy atom. The van der Waals surface area contributed by atoms with Gasteiger partial charge in [0.2, 0.25) is 5.91 Å². The topological polar surface area (TPSA) is 69.6 Å². The Morgan fingerprint density at radius 2 is 2.00 bits per heavy atom. The molecule has 1 heterocycles. The number of carbonyl (C=O) groups excluding carboxylic acids is 1. The average Bonchev–Trinajstić information content (AvgIpc) is 2.60.